The number of halogens is 1. The van der Waals surface area contributed by atoms with Gasteiger partial charge in [-0.05, 0) is 60.9 Å². The first-order valence-corrected chi connectivity index (χ1v) is 12.3. The number of urea groups is 1. The minimum atomic E-state index is -3.70. The van der Waals surface area contributed by atoms with E-state index in [1.165, 1.54) is 3.97 Å². The molecular weight excluding hydrogens is 458 g/mol. The molecule has 0 bridgehead atoms. The highest BCUT2D eigenvalue weighted by Gasteiger charge is 2.18. The van der Waals surface area contributed by atoms with Crippen LogP contribution in [0, 0.1) is 6.92 Å². The van der Waals surface area contributed by atoms with Crippen molar-refractivity contribution < 1.29 is 13.2 Å². The van der Waals surface area contributed by atoms with Gasteiger partial charge in [0.05, 0.1) is 10.4 Å². The van der Waals surface area contributed by atoms with Crippen LogP contribution in [-0.2, 0) is 23.0 Å². The van der Waals surface area contributed by atoms with Crippen molar-refractivity contribution in [3.05, 3.63) is 101 Å². The molecule has 4 aromatic rings. The van der Waals surface area contributed by atoms with E-state index >= 15 is 0 Å². The highest BCUT2D eigenvalue weighted by molar-refractivity contribution is 7.90. The lowest BCUT2D eigenvalue weighted by atomic mass is 10.1. The van der Waals surface area contributed by atoms with Crippen LogP contribution in [0.25, 0.3) is 10.9 Å². The van der Waals surface area contributed by atoms with Crippen molar-refractivity contribution in [3.8, 4) is 0 Å². The average molecular weight is 482 g/mol. The molecule has 0 saturated carbocycles. The zero-order chi connectivity index (χ0) is 23.4. The summed E-state index contributed by atoms with van der Waals surface area (Å²) >= 11 is 5.87. The molecule has 4 rings (SSSR count). The molecule has 8 heteroatoms. The molecule has 0 unspecified atom stereocenters. The van der Waals surface area contributed by atoms with Gasteiger partial charge in [0.2, 0.25) is 0 Å². The molecule has 170 valence electrons. The van der Waals surface area contributed by atoms with E-state index in [-0.39, 0.29) is 10.9 Å². The van der Waals surface area contributed by atoms with Crippen molar-refractivity contribution >= 4 is 38.6 Å². The Kier molecular flexibility index (Phi) is 6.72. The van der Waals surface area contributed by atoms with Gasteiger partial charge in [0.1, 0.15) is 0 Å². The summed E-state index contributed by atoms with van der Waals surface area (Å²) in [7, 11) is -3.70. The van der Waals surface area contributed by atoms with Gasteiger partial charge < -0.3 is 10.6 Å². The lowest BCUT2D eigenvalue weighted by Crippen LogP contribution is -2.36. The first-order valence-electron chi connectivity index (χ1n) is 10.5. The molecule has 0 saturated heterocycles. The van der Waals surface area contributed by atoms with Crippen LogP contribution in [0.15, 0.2) is 83.9 Å². The summed E-state index contributed by atoms with van der Waals surface area (Å²) in [6.07, 6.45) is 2.14. The van der Waals surface area contributed by atoms with Crippen LogP contribution in [0.2, 0.25) is 5.02 Å². The Balaban J connectivity index is 1.40. The summed E-state index contributed by atoms with van der Waals surface area (Å²) < 4.78 is 27.6. The van der Waals surface area contributed by atoms with Crippen molar-refractivity contribution in [2.75, 3.05) is 6.54 Å². The van der Waals surface area contributed by atoms with Gasteiger partial charge in [-0.25, -0.2) is 17.2 Å². The molecular formula is C25H24ClN3O3S. The molecule has 0 aliphatic rings. The van der Waals surface area contributed by atoms with Crippen LogP contribution < -0.4 is 10.6 Å². The molecule has 0 spiro atoms. The minimum absolute atomic E-state index is 0.245. The van der Waals surface area contributed by atoms with E-state index < -0.39 is 10.0 Å². The van der Waals surface area contributed by atoms with Gasteiger partial charge in [-0.15, -0.1) is 0 Å². The molecule has 2 amide bonds. The summed E-state index contributed by atoms with van der Waals surface area (Å²) in [5.74, 6) is 0. The van der Waals surface area contributed by atoms with Crippen molar-refractivity contribution in [1.82, 2.24) is 14.6 Å². The zero-order valence-electron chi connectivity index (χ0n) is 18.1. The summed E-state index contributed by atoms with van der Waals surface area (Å²) in [5, 5.41) is 7.12. The van der Waals surface area contributed by atoms with Crippen LogP contribution in [-0.4, -0.2) is 25.0 Å². The fourth-order valence-electron chi connectivity index (χ4n) is 3.51. The maximum absolute atomic E-state index is 13.1. The molecule has 0 aliphatic heterocycles. The van der Waals surface area contributed by atoms with E-state index in [0.717, 1.165) is 22.1 Å². The van der Waals surface area contributed by atoms with Crippen molar-refractivity contribution in [3.63, 3.8) is 0 Å². The fraction of sp³-hybridized carbons (Fsp3) is 0.160. The predicted molar refractivity (Wildman–Crippen MR) is 131 cm³/mol. The molecule has 33 heavy (non-hydrogen) atoms. The SMILES string of the molecule is Cc1ccc(S(=O)(=O)n2ccc3ccc(CCNC(=O)NCc4ccc(Cl)cc4)cc32)cc1. The molecule has 0 aliphatic carbocycles. The molecule has 3 aromatic carbocycles. The quantitative estimate of drug-likeness (QED) is 0.394. The van der Waals surface area contributed by atoms with E-state index in [1.807, 2.05) is 37.3 Å². The number of fused-ring (bicyclic) bond motifs is 1. The Bertz CT molecular complexity index is 1380. The van der Waals surface area contributed by atoms with Crippen LogP contribution >= 0.6 is 11.6 Å². The largest absolute Gasteiger partial charge is 0.338 e. The van der Waals surface area contributed by atoms with Gasteiger partial charge in [0.25, 0.3) is 10.0 Å². The van der Waals surface area contributed by atoms with Crippen molar-refractivity contribution in [2.45, 2.75) is 24.8 Å². The number of amides is 2. The maximum Gasteiger partial charge on any atom is 0.315 e. The molecule has 0 radical (unpaired) electrons. The molecule has 1 heterocycles. The lowest BCUT2D eigenvalue weighted by molar-refractivity contribution is 0.240. The number of rotatable bonds is 7. The number of carbonyl (C=O) groups is 1. The highest BCUT2D eigenvalue weighted by Crippen LogP contribution is 2.23. The second-order valence-electron chi connectivity index (χ2n) is 7.81. The summed E-state index contributed by atoms with van der Waals surface area (Å²) in [4.78, 5) is 12.3. The summed E-state index contributed by atoms with van der Waals surface area (Å²) in [5.41, 5.74) is 3.49. The number of aryl methyl sites for hydroxylation is 1. The fourth-order valence-corrected chi connectivity index (χ4v) is 4.98. The monoisotopic (exact) mass is 481 g/mol. The average Bonchev–Trinajstić information content (AvgIpc) is 3.23. The van der Waals surface area contributed by atoms with Crippen molar-refractivity contribution in [1.29, 1.82) is 0 Å². The molecule has 2 N–H and O–H groups in total. The third kappa shape index (κ3) is 5.38. The third-order valence-electron chi connectivity index (χ3n) is 5.37. The van der Waals surface area contributed by atoms with Crippen LogP contribution in [0.3, 0.4) is 0 Å². The lowest BCUT2D eigenvalue weighted by Gasteiger charge is -2.10. The molecule has 1 aromatic heterocycles. The number of nitrogens with zero attached hydrogens (tertiary/aromatic N) is 1. The van der Waals surface area contributed by atoms with Gasteiger partial charge in [-0.3, -0.25) is 0 Å². The molecule has 0 fully saturated rings. The molecule has 0 atom stereocenters. The smallest absolute Gasteiger partial charge is 0.315 e. The second-order valence-corrected chi connectivity index (χ2v) is 10.1. The van der Waals surface area contributed by atoms with E-state index in [0.29, 0.717) is 30.0 Å². The summed E-state index contributed by atoms with van der Waals surface area (Å²) in [6.45, 7) is 2.74. The Hall–Kier alpha value is -3.29. The second kappa shape index (κ2) is 9.68. The van der Waals surface area contributed by atoms with E-state index in [9.17, 15) is 13.2 Å². The normalized spacial score (nSPS) is 11.5. The first-order chi connectivity index (χ1) is 15.8. The molecule has 6 nitrogen and oxygen atoms in total. The number of nitrogens with one attached hydrogen (secondary N) is 2. The van der Waals surface area contributed by atoms with E-state index in [4.69, 9.17) is 11.6 Å². The van der Waals surface area contributed by atoms with E-state index in [2.05, 4.69) is 10.6 Å². The Morgan fingerprint density at radius 2 is 1.61 bits per heavy atom. The highest BCUT2D eigenvalue weighted by atomic mass is 35.5. The minimum Gasteiger partial charge on any atom is -0.338 e. The van der Waals surface area contributed by atoms with Gasteiger partial charge in [-0.1, -0.05) is 53.6 Å². The number of aromatic nitrogens is 1. The Labute approximate surface area is 198 Å². The van der Waals surface area contributed by atoms with Crippen LogP contribution in [0.4, 0.5) is 4.79 Å². The van der Waals surface area contributed by atoms with Crippen LogP contribution in [0.1, 0.15) is 16.7 Å². The van der Waals surface area contributed by atoms with Gasteiger partial charge >= 0.3 is 6.03 Å². The third-order valence-corrected chi connectivity index (χ3v) is 7.32. The zero-order valence-corrected chi connectivity index (χ0v) is 19.7. The van der Waals surface area contributed by atoms with Crippen LogP contribution in [0.5, 0.6) is 0 Å². The number of benzene rings is 3. The standard InChI is InChI=1S/C25H24ClN3O3S/c1-18-2-10-23(11-3-18)33(31,32)29-15-13-21-7-4-19(16-24(21)29)12-14-27-25(30)28-17-20-5-8-22(26)9-6-20/h2-11,13,15-16H,12,14,17H2,1H3,(H2,27,28,30). The van der Waals surface area contributed by atoms with Crippen molar-refractivity contribution in [2.24, 2.45) is 0 Å². The predicted octanol–water partition coefficient (Wildman–Crippen LogP) is 4.88. The number of hydrogen-bond donors (Lipinski definition) is 2. The van der Waals surface area contributed by atoms with Gasteiger partial charge in [0.15, 0.2) is 0 Å². The first kappa shape index (κ1) is 22.9. The number of carbonyl (C=O) groups excluding carboxylic acids is 1. The van der Waals surface area contributed by atoms with Gasteiger partial charge in [0, 0.05) is 29.7 Å². The Morgan fingerprint density at radius 1 is 0.909 bits per heavy atom. The van der Waals surface area contributed by atoms with E-state index in [1.54, 1.807) is 48.7 Å². The Morgan fingerprint density at radius 3 is 2.33 bits per heavy atom. The summed E-state index contributed by atoms with van der Waals surface area (Å²) in [6, 6.07) is 21.3. The maximum atomic E-state index is 13.1. The number of hydrogen-bond acceptors (Lipinski definition) is 3. The van der Waals surface area contributed by atoms with Gasteiger partial charge in [-0.2, -0.15) is 0 Å². The topological polar surface area (TPSA) is 80.2 Å².